The fraction of sp³-hybridized carbons (Fsp3) is 0.250. The van der Waals surface area contributed by atoms with Gasteiger partial charge >= 0.3 is 0 Å². The van der Waals surface area contributed by atoms with Gasteiger partial charge in [0.1, 0.15) is 5.82 Å². The molecule has 0 N–H and O–H groups in total. The first kappa shape index (κ1) is 14.7. The van der Waals surface area contributed by atoms with Crippen LogP contribution in [0, 0.1) is 12.7 Å². The molecule has 0 saturated carbocycles. The molecular formula is C16H15Br2F. The van der Waals surface area contributed by atoms with Crippen LogP contribution >= 0.6 is 31.9 Å². The molecule has 0 aliphatic heterocycles. The first-order valence-electron chi connectivity index (χ1n) is 6.16. The Morgan fingerprint density at radius 3 is 2.58 bits per heavy atom. The smallest absolute Gasteiger partial charge is 0.137 e. The van der Waals surface area contributed by atoms with Gasteiger partial charge in [-0.1, -0.05) is 51.8 Å². The lowest BCUT2D eigenvalue weighted by molar-refractivity contribution is 0.619. The van der Waals surface area contributed by atoms with Gasteiger partial charge in [0.15, 0.2) is 0 Å². The summed E-state index contributed by atoms with van der Waals surface area (Å²) in [5, 5.41) is 0.894. The molecule has 100 valence electrons. The van der Waals surface area contributed by atoms with Gasteiger partial charge in [0.2, 0.25) is 0 Å². The van der Waals surface area contributed by atoms with Crippen molar-refractivity contribution in [3.8, 4) is 0 Å². The van der Waals surface area contributed by atoms with Gasteiger partial charge in [-0.3, -0.25) is 0 Å². The first-order valence-corrected chi connectivity index (χ1v) is 8.08. The van der Waals surface area contributed by atoms with Crippen LogP contribution in [0.3, 0.4) is 0 Å². The second kappa shape index (κ2) is 6.67. The standard InChI is InChI=1S/C16H15Br2F/c1-11-3-2-4-13(7-11)14(10-17)8-12-5-6-16(19)15(18)9-12/h2-7,9,14H,8,10H2,1H3. The van der Waals surface area contributed by atoms with Crippen LogP contribution in [0.4, 0.5) is 4.39 Å². The van der Waals surface area contributed by atoms with E-state index in [2.05, 4.69) is 63.0 Å². The number of aryl methyl sites for hydroxylation is 1. The van der Waals surface area contributed by atoms with Crippen molar-refractivity contribution in [2.45, 2.75) is 19.3 Å². The zero-order valence-electron chi connectivity index (χ0n) is 10.7. The molecule has 0 fully saturated rings. The van der Waals surface area contributed by atoms with Gasteiger partial charge in [0.25, 0.3) is 0 Å². The second-order valence-electron chi connectivity index (χ2n) is 4.72. The molecule has 0 heterocycles. The molecule has 0 bridgehead atoms. The van der Waals surface area contributed by atoms with Gasteiger partial charge in [0, 0.05) is 5.33 Å². The summed E-state index contributed by atoms with van der Waals surface area (Å²) in [6.07, 6.45) is 0.896. The molecule has 1 unspecified atom stereocenters. The Labute approximate surface area is 130 Å². The summed E-state index contributed by atoms with van der Waals surface area (Å²) in [6, 6.07) is 13.8. The topological polar surface area (TPSA) is 0 Å². The summed E-state index contributed by atoms with van der Waals surface area (Å²) in [4.78, 5) is 0. The predicted octanol–water partition coefficient (Wildman–Crippen LogP) is 5.62. The van der Waals surface area contributed by atoms with E-state index in [1.807, 2.05) is 12.1 Å². The molecule has 0 radical (unpaired) electrons. The summed E-state index contributed by atoms with van der Waals surface area (Å²) in [7, 11) is 0. The third kappa shape index (κ3) is 3.90. The third-order valence-electron chi connectivity index (χ3n) is 3.17. The van der Waals surface area contributed by atoms with Crippen molar-refractivity contribution in [2.75, 3.05) is 5.33 Å². The normalized spacial score (nSPS) is 12.4. The van der Waals surface area contributed by atoms with Gasteiger partial charge in [-0.15, -0.1) is 0 Å². The molecule has 2 aromatic rings. The quantitative estimate of drug-likeness (QED) is 0.599. The number of rotatable bonds is 4. The highest BCUT2D eigenvalue weighted by atomic mass is 79.9. The van der Waals surface area contributed by atoms with Gasteiger partial charge in [-0.2, -0.15) is 0 Å². The van der Waals surface area contributed by atoms with Gasteiger partial charge < -0.3 is 0 Å². The number of benzene rings is 2. The van der Waals surface area contributed by atoms with Gasteiger partial charge in [-0.25, -0.2) is 4.39 Å². The average Bonchev–Trinajstić information content (AvgIpc) is 2.40. The number of hydrogen-bond acceptors (Lipinski definition) is 0. The van der Waals surface area contributed by atoms with E-state index in [0.29, 0.717) is 10.4 Å². The van der Waals surface area contributed by atoms with Crippen molar-refractivity contribution in [1.82, 2.24) is 0 Å². The minimum Gasteiger partial charge on any atom is -0.206 e. The van der Waals surface area contributed by atoms with Crippen LogP contribution in [0.2, 0.25) is 0 Å². The van der Waals surface area contributed by atoms with E-state index in [4.69, 9.17) is 0 Å². The second-order valence-corrected chi connectivity index (χ2v) is 6.22. The monoisotopic (exact) mass is 384 g/mol. The summed E-state index contributed by atoms with van der Waals surface area (Å²) in [5.74, 6) is 0.187. The van der Waals surface area contributed by atoms with Crippen molar-refractivity contribution in [1.29, 1.82) is 0 Å². The van der Waals surface area contributed by atoms with E-state index >= 15 is 0 Å². The van der Waals surface area contributed by atoms with Crippen LogP contribution in [0.5, 0.6) is 0 Å². The Kier molecular flexibility index (Phi) is 5.17. The lowest BCUT2D eigenvalue weighted by Crippen LogP contribution is -2.05. The summed E-state index contributed by atoms with van der Waals surface area (Å²) in [5.41, 5.74) is 3.72. The highest BCUT2D eigenvalue weighted by Gasteiger charge is 2.12. The largest absolute Gasteiger partial charge is 0.206 e. The van der Waals surface area contributed by atoms with Crippen LogP contribution < -0.4 is 0 Å². The van der Waals surface area contributed by atoms with E-state index < -0.39 is 0 Å². The highest BCUT2D eigenvalue weighted by molar-refractivity contribution is 9.10. The van der Waals surface area contributed by atoms with E-state index in [1.54, 1.807) is 0 Å². The minimum absolute atomic E-state index is 0.213. The molecule has 0 amide bonds. The molecule has 0 aliphatic rings. The zero-order valence-corrected chi connectivity index (χ0v) is 13.8. The van der Waals surface area contributed by atoms with Crippen LogP contribution in [0.15, 0.2) is 46.9 Å². The van der Waals surface area contributed by atoms with E-state index in [-0.39, 0.29) is 5.82 Å². The lowest BCUT2D eigenvalue weighted by Gasteiger charge is -2.15. The SMILES string of the molecule is Cc1cccc(C(CBr)Cc2ccc(F)c(Br)c2)c1. The Balaban J connectivity index is 2.21. The molecular weight excluding hydrogens is 371 g/mol. The van der Waals surface area contributed by atoms with Crippen molar-refractivity contribution in [3.05, 3.63) is 69.4 Å². The molecule has 0 aliphatic carbocycles. The number of hydrogen-bond donors (Lipinski definition) is 0. The molecule has 3 heteroatoms. The Morgan fingerprint density at radius 2 is 1.95 bits per heavy atom. The van der Waals surface area contributed by atoms with Crippen molar-refractivity contribution in [2.24, 2.45) is 0 Å². The molecule has 0 aromatic heterocycles. The highest BCUT2D eigenvalue weighted by Crippen LogP contribution is 2.26. The maximum Gasteiger partial charge on any atom is 0.137 e. The summed E-state index contributed by atoms with van der Waals surface area (Å²) in [6.45, 7) is 2.10. The van der Waals surface area contributed by atoms with Crippen LogP contribution in [0.25, 0.3) is 0 Å². The molecule has 19 heavy (non-hydrogen) atoms. The van der Waals surface area contributed by atoms with Gasteiger partial charge in [0.05, 0.1) is 4.47 Å². The molecule has 0 saturated heterocycles. The Bertz CT molecular complexity index is 566. The maximum atomic E-state index is 13.2. The number of halogens is 3. The Hall–Kier alpha value is -0.670. The van der Waals surface area contributed by atoms with Crippen LogP contribution in [0.1, 0.15) is 22.6 Å². The van der Waals surface area contributed by atoms with E-state index in [9.17, 15) is 4.39 Å². The summed E-state index contributed by atoms with van der Waals surface area (Å²) < 4.78 is 13.8. The van der Waals surface area contributed by atoms with Crippen LogP contribution in [-0.2, 0) is 6.42 Å². The van der Waals surface area contributed by atoms with Crippen molar-refractivity contribution < 1.29 is 4.39 Å². The molecule has 0 spiro atoms. The number of alkyl halides is 1. The molecule has 2 aromatic carbocycles. The molecule has 0 nitrogen and oxygen atoms in total. The molecule has 2 rings (SSSR count). The lowest BCUT2D eigenvalue weighted by atomic mass is 9.93. The fourth-order valence-electron chi connectivity index (χ4n) is 2.14. The van der Waals surface area contributed by atoms with Gasteiger partial charge in [-0.05, 0) is 58.5 Å². The third-order valence-corrected chi connectivity index (χ3v) is 4.56. The maximum absolute atomic E-state index is 13.2. The summed E-state index contributed by atoms with van der Waals surface area (Å²) >= 11 is 6.82. The van der Waals surface area contributed by atoms with E-state index in [0.717, 1.165) is 17.3 Å². The Morgan fingerprint density at radius 1 is 1.16 bits per heavy atom. The van der Waals surface area contributed by atoms with Crippen molar-refractivity contribution in [3.63, 3.8) is 0 Å². The average molecular weight is 386 g/mol. The predicted molar refractivity (Wildman–Crippen MR) is 85.5 cm³/mol. The zero-order chi connectivity index (χ0) is 13.8. The van der Waals surface area contributed by atoms with Crippen LogP contribution in [-0.4, -0.2) is 5.33 Å². The molecule has 1 atom stereocenters. The first-order chi connectivity index (χ1) is 9.10. The fourth-order valence-corrected chi connectivity index (χ4v) is 3.17. The minimum atomic E-state index is -0.213. The van der Waals surface area contributed by atoms with E-state index in [1.165, 1.54) is 17.2 Å². The van der Waals surface area contributed by atoms with Crippen molar-refractivity contribution >= 4 is 31.9 Å².